The van der Waals surface area contributed by atoms with Crippen LogP contribution in [0.4, 0.5) is 11.5 Å². The lowest BCUT2D eigenvalue weighted by molar-refractivity contribution is 0.0577. The minimum atomic E-state index is 0.0281. The molecule has 38 heavy (non-hydrogen) atoms. The maximum atomic E-state index is 6.03. The summed E-state index contributed by atoms with van der Waals surface area (Å²) in [4.78, 5) is 24.2. The van der Waals surface area contributed by atoms with E-state index in [4.69, 9.17) is 30.9 Å². The van der Waals surface area contributed by atoms with E-state index in [2.05, 4.69) is 25.2 Å². The Labute approximate surface area is 227 Å². The van der Waals surface area contributed by atoms with Gasteiger partial charge >= 0.3 is 0 Å². The van der Waals surface area contributed by atoms with E-state index >= 15 is 0 Å². The minimum absolute atomic E-state index is 0.0281. The van der Waals surface area contributed by atoms with Gasteiger partial charge in [-0.2, -0.15) is 0 Å². The number of nitrogens with one attached hydrogen (secondary N) is 1. The first-order valence-corrected chi connectivity index (χ1v) is 13.0. The predicted molar refractivity (Wildman–Crippen MR) is 150 cm³/mol. The minimum Gasteiger partial charge on any atom is -0.493 e. The van der Waals surface area contributed by atoms with Crippen LogP contribution >= 0.6 is 11.6 Å². The zero-order chi connectivity index (χ0) is 26.5. The zero-order valence-electron chi connectivity index (χ0n) is 21.7. The lowest BCUT2D eigenvalue weighted by Crippen LogP contribution is -2.47. The summed E-state index contributed by atoms with van der Waals surface area (Å²) in [5.74, 6) is 2.22. The Morgan fingerprint density at radius 2 is 1.82 bits per heavy atom. The topological polar surface area (TPSA) is 84.9 Å². The molecule has 10 heteroatoms. The summed E-state index contributed by atoms with van der Waals surface area (Å²) in [7, 11) is 1.64. The number of halogens is 1. The largest absolute Gasteiger partial charge is 0.493 e. The van der Waals surface area contributed by atoms with Gasteiger partial charge in [0.1, 0.15) is 18.6 Å². The van der Waals surface area contributed by atoms with Crippen molar-refractivity contribution in [1.82, 2.24) is 19.9 Å². The summed E-state index contributed by atoms with van der Waals surface area (Å²) >= 11 is 6.03. The number of methoxy groups -OCH3 is 1. The third-order valence-corrected chi connectivity index (χ3v) is 6.45. The molecular weight excluding hydrogens is 504 g/mol. The Morgan fingerprint density at radius 1 is 0.974 bits per heavy atom. The molecule has 0 radical (unpaired) electrons. The average molecular weight is 535 g/mol. The molecule has 0 saturated carbocycles. The number of hydrogen-bond acceptors (Lipinski definition) is 9. The molecule has 1 aliphatic heterocycles. The number of aromatic nitrogens is 3. The van der Waals surface area contributed by atoms with E-state index in [-0.39, 0.29) is 6.10 Å². The summed E-state index contributed by atoms with van der Waals surface area (Å²) in [6.07, 6.45) is 1.63. The number of pyridine rings is 1. The van der Waals surface area contributed by atoms with Gasteiger partial charge in [0.05, 0.1) is 30.1 Å². The van der Waals surface area contributed by atoms with E-state index in [1.165, 1.54) is 0 Å². The number of nitrogens with zero attached hydrogens (tertiary/aromatic N) is 5. The van der Waals surface area contributed by atoms with Gasteiger partial charge in [-0.05, 0) is 62.4 Å². The molecule has 9 nitrogen and oxygen atoms in total. The molecule has 4 aromatic rings. The lowest BCUT2D eigenvalue weighted by atomic mass is 10.1. The first kappa shape index (κ1) is 26.0. The van der Waals surface area contributed by atoms with E-state index in [0.717, 1.165) is 60.0 Å². The van der Waals surface area contributed by atoms with Gasteiger partial charge in [0.15, 0.2) is 17.3 Å². The average Bonchev–Trinajstić information content (AvgIpc) is 2.92. The third-order valence-electron chi connectivity index (χ3n) is 6.22. The van der Waals surface area contributed by atoms with Crippen LogP contribution in [0.5, 0.6) is 11.5 Å². The molecule has 1 N–H and O–H groups in total. The Balaban J connectivity index is 1.29. The van der Waals surface area contributed by atoms with E-state index in [1.807, 2.05) is 68.4 Å². The lowest BCUT2D eigenvalue weighted by Gasteiger charge is -2.35. The summed E-state index contributed by atoms with van der Waals surface area (Å²) in [5.41, 5.74) is 7.13. The molecule has 0 atom stereocenters. The van der Waals surface area contributed by atoms with Crippen LogP contribution in [0.1, 0.15) is 13.8 Å². The highest BCUT2D eigenvalue weighted by atomic mass is 35.5. The Morgan fingerprint density at radius 3 is 2.58 bits per heavy atom. The van der Waals surface area contributed by atoms with Crippen molar-refractivity contribution in [2.24, 2.45) is 0 Å². The molecular formula is C28H31ClN6O3. The van der Waals surface area contributed by atoms with E-state index < -0.39 is 0 Å². The van der Waals surface area contributed by atoms with Crippen molar-refractivity contribution in [2.75, 3.05) is 50.4 Å². The second-order valence-electron chi connectivity index (χ2n) is 9.28. The van der Waals surface area contributed by atoms with Gasteiger partial charge in [-0.3, -0.25) is 15.2 Å². The Bertz CT molecular complexity index is 1390. The molecule has 2 aromatic carbocycles. The number of benzene rings is 2. The van der Waals surface area contributed by atoms with Gasteiger partial charge in [-0.1, -0.05) is 17.7 Å². The molecule has 0 amide bonds. The Hall–Kier alpha value is -3.66. The first-order valence-electron chi connectivity index (χ1n) is 12.6. The number of piperazine rings is 1. The smallest absolute Gasteiger partial charge is 0.162 e. The van der Waals surface area contributed by atoms with Crippen molar-refractivity contribution >= 4 is 34.1 Å². The summed E-state index contributed by atoms with van der Waals surface area (Å²) in [5, 5.41) is 0.664. The number of ether oxygens (including phenoxy) is 2. The monoisotopic (exact) mass is 534 g/mol. The fourth-order valence-electron chi connectivity index (χ4n) is 4.35. The molecule has 0 unspecified atom stereocenters. The molecule has 1 saturated heterocycles. The van der Waals surface area contributed by atoms with Crippen LogP contribution in [0, 0.1) is 0 Å². The molecule has 3 heterocycles. The van der Waals surface area contributed by atoms with Gasteiger partial charge < -0.3 is 14.4 Å². The molecule has 1 aliphatic rings. The summed E-state index contributed by atoms with van der Waals surface area (Å²) in [6, 6.07) is 17.3. The van der Waals surface area contributed by atoms with Gasteiger partial charge in [0, 0.05) is 36.8 Å². The zero-order valence-corrected chi connectivity index (χ0v) is 22.5. The molecule has 2 aromatic heterocycles. The number of rotatable bonds is 9. The normalized spacial score (nSPS) is 14.2. The van der Waals surface area contributed by atoms with Gasteiger partial charge in [0.2, 0.25) is 0 Å². The maximum Gasteiger partial charge on any atom is 0.162 e. The van der Waals surface area contributed by atoms with E-state index in [1.54, 1.807) is 13.4 Å². The van der Waals surface area contributed by atoms with Crippen molar-refractivity contribution in [3.05, 3.63) is 65.9 Å². The van der Waals surface area contributed by atoms with Crippen LogP contribution in [0.2, 0.25) is 5.02 Å². The van der Waals surface area contributed by atoms with Crippen LogP contribution in [-0.2, 0) is 4.84 Å². The molecule has 0 aliphatic carbocycles. The van der Waals surface area contributed by atoms with Gasteiger partial charge in [-0.15, -0.1) is 0 Å². The van der Waals surface area contributed by atoms with E-state index in [0.29, 0.717) is 23.3 Å². The van der Waals surface area contributed by atoms with Crippen molar-refractivity contribution in [3.63, 3.8) is 0 Å². The van der Waals surface area contributed by atoms with Crippen LogP contribution in [0.3, 0.4) is 0 Å². The highest BCUT2D eigenvalue weighted by Gasteiger charge is 2.21. The second-order valence-corrected chi connectivity index (χ2v) is 9.72. The molecule has 198 valence electrons. The fraction of sp³-hybridized carbons (Fsp3) is 0.321. The highest BCUT2D eigenvalue weighted by molar-refractivity contribution is 6.30. The van der Waals surface area contributed by atoms with Gasteiger partial charge in [0.25, 0.3) is 0 Å². The maximum absolute atomic E-state index is 6.03. The number of fused-ring (bicyclic) bond motifs is 1. The third kappa shape index (κ3) is 6.07. The number of hydrogen-bond donors (Lipinski definition) is 1. The molecule has 1 fully saturated rings. The van der Waals surface area contributed by atoms with Crippen molar-refractivity contribution < 1.29 is 14.3 Å². The predicted octanol–water partition coefficient (Wildman–Crippen LogP) is 5.26. The standard InChI is InChI=1S/C28H31ClN6O3/c1-19(2)38-26-15-20(7-10-25(26)36-3)23-8-9-24-27(32-23)28(31-17-30-24)35-13-11-34(12-14-35)18-37-33-22-6-4-5-21(29)16-22/h4-10,15-17,19,33H,11-14,18H2,1-3H3. The SMILES string of the molecule is COc1ccc(-c2ccc3ncnc(N4CCN(CONc5cccc(Cl)c5)CC4)c3n2)cc1OC(C)C. The van der Waals surface area contributed by atoms with Crippen LogP contribution in [-0.4, -0.2) is 66.0 Å². The fourth-order valence-corrected chi connectivity index (χ4v) is 4.54. The highest BCUT2D eigenvalue weighted by Crippen LogP contribution is 2.34. The quantitative estimate of drug-likeness (QED) is 0.289. The van der Waals surface area contributed by atoms with Gasteiger partial charge in [-0.25, -0.2) is 15.0 Å². The first-order chi connectivity index (χ1) is 18.5. The van der Waals surface area contributed by atoms with Crippen molar-refractivity contribution in [2.45, 2.75) is 20.0 Å². The summed E-state index contributed by atoms with van der Waals surface area (Å²) in [6.45, 7) is 7.71. The second kappa shape index (κ2) is 11.8. The number of anilines is 2. The van der Waals surface area contributed by atoms with Crippen molar-refractivity contribution in [1.29, 1.82) is 0 Å². The van der Waals surface area contributed by atoms with Crippen LogP contribution in [0.25, 0.3) is 22.3 Å². The molecule has 5 rings (SSSR count). The molecule has 0 bridgehead atoms. The van der Waals surface area contributed by atoms with E-state index in [9.17, 15) is 0 Å². The molecule has 0 spiro atoms. The van der Waals surface area contributed by atoms with Crippen LogP contribution < -0.4 is 19.9 Å². The van der Waals surface area contributed by atoms with Crippen LogP contribution in [0.15, 0.2) is 60.9 Å². The Kier molecular flexibility index (Phi) is 8.07. The van der Waals surface area contributed by atoms with Crippen molar-refractivity contribution in [3.8, 4) is 22.8 Å². The summed E-state index contributed by atoms with van der Waals surface area (Å²) < 4.78 is 11.4.